The maximum atomic E-state index is 12.3. The first kappa shape index (κ1) is 16.3. The van der Waals surface area contributed by atoms with Crippen LogP contribution >= 0.6 is 0 Å². The molecule has 0 aromatic rings. The lowest BCUT2D eigenvalue weighted by atomic mass is 9.95. The Labute approximate surface area is 135 Å². The third kappa shape index (κ3) is 3.33. The molecule has 0 saturated carbocycles. The topological polar surface area (TPSA) is 26.8 Å². The molecule has 3 heterocycles. The van der Waals surface area contributed by atoms with Crippen molar-refractivity contribution >= 4 is 5.91 Å². The number of piperidine rings is 1. The van der Waals surface area contributed by atoms with Crippen molar-refractivity contribution in [3.63, 3.8) is 0 Å². The number of carbonyl (C=O) groups is 1. The quantitative estimate of drug-likeness (QED) is 0.795. The molecule has 22 heavy (non-hydrogen) atoms. The van der Waals surface area contributed by atoms with Gasteiger partial charge in [-0.3, -0.25) is 9.69 Å². The molecule has 0 aromatic carbocycles. The van der Waals surface area contributed by atoms with Crippen LogP contribution in [0.3, 0.4) is 0 Å². The van der Waals surface area contributed by atoms with Crippen molar-refractivity contribution in [3.8, 4) is 0 Å². The first-order chi connectivity index (χ1) is 10.6. The highest BCUT2D eigenvalue weighted by Gasteiger charge is 2.42. The van der Waals surface area contributed by atoms with E-state index in [4.69, 9.17) is 0 Å². The van der Waals surface area contributed by atoms with E-state index in [9.17, 15) is 4.79 Å². The average Bonchev–Trinajstić information content (AvgIpc) is 2.76. The van der Waals surface area contributed by atoms with Gasteiger partial charge in [-0.25, -0.2) is 0 Å². The summed E-state index contributed by atoms with van der Waals surface area (Å²) in [4.78, 5) is 19.8. The second kappa shape index (κ2) is 6.88. The second-order valence-corrected chi connectivity index (χ2v) is 7.86. The van der Waals surface area contributed by atoms with Gasteiger partial charge in [0.2, 0.25) is 5.91 Å². The molecule has 2 atom stereocenters. The van der Waals surface area contributed by atoms with Crippen LogP contribution in [0.5, 0.6) is 0 Å². The summed E-state index contributed by atoms with van der Waals surface area (Å²) in [5.41, 5.74) is 0. The minimum absolute atomic E-state index is 0.143. The van der Waals surface area contributed by atoms with Crippen LogP contribution in [-0.2, 0) is 4.79 Å². The van der Waals surface area contributed by atoms with Crippen molar-refractivity contribution in [2.75, 3.05) is 39.3 Å². The fraction of sp³-hybridized carbons (Fsp3) is 0.944. The molecular weight excluding hydrogens is 274 g/mol. The number of piperazine rings is 1. The third-order valence-electron chi connectivity index (χ3n) is 6.06. The van der Waals surface area contributed by atoms with Gasteiger partial charge in [-0.15, -0.1) is 0 Å². The molecule has 2 unspecified atom stereocenters. The van der Waals surface area contributed by atoms with Gasteiger partial charge in [0.05, 0.1) is 0 Å². The maximum Gasteiger partial charge on any atom is 0.225 e. The van der Waals surface area contributed by atoms with Crippen molar-refractivity contribution in [2.45, 2.75) is 58.5 Å². The number of hydrogen-bond donors (Lipinski definition) is 0. The Balaban J connectivity index is 1.53. The fourth-order valence-corrected chi connectivity index (χ4v) is 4.62. The van der Waals surface area contributed by atoms with Crippen LogP contribution in [0.1, 0.15) is 46.5 Å². The van der Waals surface area contributed by atoms with Crippen LogP contribution < -0.4 is 0 Å². The molecule has 0 aliphatic carbocycles. The van der Waals surface area contributed by atoms with E-state index in [0.29, 0.717) is 18.0 Å². The van der Waals surface area contributed by atoms with E-state index in [1.807, 2.05) is 13.8 Å². The van der Waals surface area contributed by atoms with Gasteiger partial charge in [0.15, 0.2) is 0 Å². The molecule has 3 aliphatic rings. The lowest BCUT2D eigenvalue weighted by molar-refractivity contribution is -0.138. The molecule has 3 rings (SSSR count). The SMILES string of the molecule is CCN1CCC(CN2C3CCC2CN(C(=O)C(C)C)C3)CC1. The lowest BCUT2D eigenvalue weighted by Crippen LogP contribution is -2.57. The van der Waals surface area contributed by atoms with Gasteiger partial charge in [-0.1, -0.05) is 20.8 Å². The van der Waals surface area contributed by atoms with Crippen molar-refractivity contribution in [3.05, 3.63) is 0 Å². The minimum atomic E-state index is 0.143. The summed E-state index contributed by atoms with van der Waals surface area (Å²) in [6.07, 6.45) is 5.30. The Bertz CT molecular complexity index is 376. The van der Waals surface area contributed by atoms with Gasteiger partial charge in [0, 0.05) is 37.6 Å². The molecule has 4 nitrogen and oxygen atoms in total. The Hall–Kier alpha value is -0.610. The lowest BCUT2D eigenvalue weighted by Gasteiger charge is -2.44. The van der Waals surface area contributed by atoms with Crippen LogP contribution in [0.25, 0.3) is 0 Å². The Kier molecular flexibility index (Phi) is 5.08. The van der Waals surface area contributed by atoms with Gasteiger partial charge in [0.1, 0.15) is 0 Å². The third-order valence-corrected chi connectivity index (χ3v) is 6.06. The van der Waals surface area contributed by atoms with Gasteiger partial charge < -0.3 is 9.80 Å². The van der Waals surface area contributed by atoms with Crippen LogP contribution in [0.2, 0.25) is 0 Å². The fourth-order valence-electron chi connectivity index (χ4n) is 4.62. The summed E-state index contributed by atoms with van der Waals surface area (Å²) < 4.78 is 0. The molecule has 1 amide bonds. The molecule has 4 heteroatoms. The molecular formula is C18H33N3O. The molecule has 0 radical (unpaired) electrons. The standard InChI is InChI=1S/C18H33N3O/c1-4-19-9-7-15(8-10-19)11-21-16-5-6-17(21)13-20(12-16)18(22)14(2)3/h14-17H,4-13H2,1-3H3. The predicted molar refractivity (Wildman–Crippen MR) is 89.8 cm³/mol. The summed E-state index contributed by atoms with van der Waals surface area (Å²) in [6.45, 7) is 13.3. The first-order valence-electron chi connectivity index (χ1n) is 9.35. The smallest absolute Gasteiger partial charge is 0.225 e. The number of fused-ring (bicyclic) bond motifs is 2. The van der Waals surface area contributed by atoms with E-state index in [2.05, 4.69) is 21.6 Å². The summed E-state index contributed by atoms with van der Waals surface area (Å²) in [6, 6.07) is 1.26. The zero-order chi connectivity index (χ0) is 15.7. The van der Waals surface area contributed by atoms with Gasteiger partial charge in [-0.05, 0) is 51.2 Å². The highest BCUT2D eigenvalue weighted by atomic mass is 16.2. The number of carbonyl (C=O) groups excluding carboxylic acids is 1. The molecule has 0 spiro atoms. The number of amides is 1. The van der Waals surface area contributed by atoms with Crippen LogP contribution in [0.15, 0.2) is 0 Å². The van der Waals surface area contributed by atoms with Crippen molar-refractivity contribution in [1.82, 2.24) is 14.7 Å². The van der Waals surface area contributed by atoms with Gasteiger partial charge in [0.25, 0.3) is 0 Å². The van der Waals surface area contributed by atoms with E-state index in [1.165, 1.54) is 51.9 Å². The molecule has 0 N–H and O–H groups in total. The Morgan fingerprint density at radius 2 is 1.64 bits per heavy atom. The zero-order valence-electron chi connectivity index (χ0n) is 14.6. The molecule has 3 aliphatic heterocycles. The number of rotatable bonds is 4. The van der Waals surface area contributed by atoms with Crippen LogP contribution in [0.4, 0.5) is 0 Å². The van der Waals surface area contributed by atoms with E-state index in [-0.39, 0.29) is 5.92 Å². The molecule has 3 saturated heterocycles. The molecule has 2 bridgehead atoms. The average molecular weight is 307 g/mol. The van der Waals surface area contributed by atoms with E-state index >= 15 is 0 Å². The van der Waals surface area contributed by atoms with Crippen LogP contribution in [0, 0.1) is 11.8 Å². The van der Waals surface area contributed by atoms with Gasteiger partial charge in [-0.2, -0.15) is 0 Å². The summed E-state index contributed by atoms with van der Waals surface area (Å²) in [5, 5.41) is 0. The van der Waals surface area contributed by atoms with E-state index in [1.54, 1.807) is 0 Å². The zero-order valence-corrected chi connectivity index (χ0v) is 14.6. The summed E-state index contributed by atoms with van der Waals surface area (Å²) >= 11 is 0. The molecule has 0 aromatic heterocycles. The number of hydrogen-bond acceptors (Lipinski definition) is 3. The van der Waals surface area contributed by atoms with Gasteiger partial charge >= 0.3 is 0 Å². The maximum absolute atomic E-state index is 12.3. The monoisotopic (exact) mass is 307 g/mol. The largest absolute Gasteiger partial charge is 0.339 e. The normalized spacial score (nSPS) is 31.2. The van der Waals surface area contributed by atoms with Crippen molar-refractivity contribution in [2.24, 2.45) is 11.8 Å². The first-order valence-corrected chi connectivity index (χ1v) is 9.35. The van der Waals surface area contributed by atoms with E-state index in [0.717, 1.165) is 19.0 Å². The Morgan fingerprint density at radius 3 is 2.14 bits per heavy atom. The summed E-state index contributed by atoms with van der Waals surface area (Å²) in [5.74, 6) is 1.37. The predicted octanol–water partition coefficient (Wildman–Crippen LogP) is 2.05. The minimum Gasteiger partial charge on any atom is -0.339 e. The number of nitrogens with zero attached hydrogens (tertiary/aromatic N) is 3. The van der Waals surface area contributed by atoms with Crippen LogP contribution in [-0.4, -0.2) is 72.0 Å². The van der Waals surface area contributed by atoms with Crippen molar-refractivity contribution < 1.29 is 4.79 Å². The van der Waals surface area contributed by atoms with E-state index < -0.39 is 0 Å². The second-order valence-electron chi connectivity index (χ2n) is 7.86. The van der Waals surface area contributed by atoms with Crippen molar-refractivity contribution in [1.29, 1.82) is 0 Å². The number of likely N-dealkylation sites (tertiary alicyclic amines) is 2. The highest BCUT2D eigenvalue weighted by Crippen LogP contribution is 2.33. The Morgan fingerprint density at radius 1 is 1.05 bits per heavy atom. The summed E-state index contributed by atoms with van der Waals surface area (Å²) in [7, 11) is 0. The highest BCUT2D eigenvalue weighted by molar-refractivity contribution is 5.78. The molecule has 3 fully saturated rings. The molecule has 126 valence electrons.